The van der Waals surface area contributed by atoms with Crippen LogP contribution in [0.25, 0.3) is 5.57 Å². The molecule has 0 fully saturated rings. The molecule has 2 aromatic carbocycles. The van der Waals surface area contributed by atoms with Crippen LogP contribution in [0.3, 0.4) is 0 Å². The molecule has 0 aromatic heterocycles. The Morgan fingerprint density at radius 1 is 1.00 bits per heavy atom. The molecule has 0 heterocycles. The monoisotopic (exact) mass is 424 g/mol. The molecule has 2 aromatic rings. The molecule has 0 bridgehead atoms. The van der Waals surface area contributed by atoms with E-state index in [1.54, 1.807) is 12.1 Å². The van der Waals surface area contributed by atoms with Gasteiger partial charge in [0.2, 0.25) is 0 Å². The second-order valence-electron chi connectivity index (χ2n) is 6.00. The molecule has 2 nitrogen and oxygen atoms in total. The fourth-order valence-corrected chi connectivity index (χ4v) is 3.15. The van der Waals surface area contributed by atoms with Gasteiger partial charge in [-0.15, -0.1) is 0 Å². The predicted molar refractivity (Wildman–Crippen MR) is 98.3 cm³/mol. The van der Waals surface area contributed by atoms with Crippen molar-refractivity contribution in [2.45, 2.75) is 25.7 Å². The van der Waals surface area contributed by atoms with Gasteiger partial charge in [0.25, 0.3) is 0 Å². The maximum atomic E-state index is 9.63. The second kappa shape index (κ2) is 6.47. The van der Waals surface area contributed by atoms with Crippen LogP contribution in [0, 0.1) is 0 Å². The Kier molecular flexibility index (Phi) is 5.03. The fraction of sp³-hybridized carbons (Fsp3) is 0.222. The number of phenolic OH excluding ortho intramolecular Hbond substituents is 2. The molecule has 0 atom stereocenters. The summed E-state index contributed by atoms with van der Waals surface area (Å²) in [5.74, 6) is 0.458. The van der Waals surface area contributed by atoms with E-state index in [9.17, 15) is 10.2 Å². The Bertz CT molecular complexity index is 721. The maximum absolute atomic E-state index is 9.63. The third-order valence-corrected chi connectivity index (χ3v) is 5.01. The summed E-state index contributed by atoms with van der Waals surface area (Å²) in [6.07, 6.45) is 0.765. The van der Waals surface area contributed by atoms with E-state index in [0.29, 0.717) is 8.95 Å². The minimum atomic E-state index is -0.127. The SMILES string of the molecule is C=C(CC(C)(C)c1ccc(O)c(Br)c1)c1ccc(O)c(Br)c1. The molecule has 0 saturated carbocycles. The topological polar surface area (TPSA) is 40.5 Å². The number of halogens is 2. The van der Waals surface area contributed by atoms with Crippen molar-refractivity contribution in [1.82, 2.24) is 0 Å². The van der Waals surface area contributed by atoms with Crippen LogP contribution in [-0.2, 0) is 5.41 Å². The Hall–Kier alpha value is -1.26. The zero-order valence-corrected chi connectivity index (χ0v) is 15.7. The molecule has 0 aliphatic carbocycles. The van der Waals surface area contributed by atoms with E-state index >= 15 is 0 Å². The van der Waals surface area contributed by atoms with E-state index in [2.05, 4.69) is 52.3 Å². The summed E-state index contributed by atoms with van der Waals surface area (Å²) in [6, 6.07) is 11.0. The lowest BCUT2D eigenvalue weighted by atomic mass is 9.78. The molecule has 0 amide bonds. The highest BCUT2D eigenvalue weighted by Crippen LogP contribution is 2.37. The van der Waals surface area contributed by atoms with Crippen molar-refractivity contribution in [1.29, 1.82) is 0 Å². The van der Waals surface area contributed by atoms with Gasteiger partial charge in [-0.2, -0.15) is 0 Å². The molecule has 2 rings (SSSR count). The average molecular weight is 426 g/mol. The Morgan fingerprint density at radius 3 is 2.09 bits per heavy atom. The zero-order valence-electron chi connectivity index (χ0n) is 12.5. The number of aromatic hydroxyl groups is 2. The van der Waals surface area contributed by atoms with Crippen LogP contribution in [0.2, 0.25) is 0 Å². The van der Waals surface area contributed by atoms with Gasteiger partial charge in [0.05, 0.1) is 8.95 Å². The van der Waals surface area contributed by atoms with E-state index in [0.717, 1.165) is 23.1 Å². The first-order valence-corrected chi connectivity index (χ1v) is 8.45. The van der Waals surface area contributed by atoms with Crippen molar-refractivity contribution >= 4 is 37.4 Å². The van der Waals surface area contributed by atoms with Gasteiger partial charge in [0, 0.05) is 0 Å². The highest BCUT2D eigenvalue weighted by atomic mass is 79.9. The summed E-state index contributed by atoms with van der Waals surface area (Å²) in [5, 5.41) is 19.2. The average Bonchev–Trinajstić information content (AvgIpc) is 2.44. The van der Waals surface area contributed by atoms with Crippen molar-refractivity contribution in [3.63, 3.8) is 0 Å². The first-order valence-electron chi connectivity index (χ1n) is 6.86. The largest absolute Gasteiger partial charge is 0.507 e. The lowest BCUT2D eigenvalue weighted by Gasteiger charge is -2.27. The lowest BCUT2D eigenvalue weighted by Crippen LogP contribution is -2.17. The minimum Gasteiger partial charge on any atom is -0.507 e. The van der Waals surface area contributed by atoms with Gasteiger partial charge in [0.15, 0.2) is 0 Å². The van der Waals surface area contributed by atoms with Crippen molar-refractivity contribution in [3.05, 3.63) is 63.0 Å². The third-order valence-electron chi connectivity index (χ3n) is 3.74. The van der Waals surface area contributed by atoms with Gasteiger partial charge in [-0.05, 0) is 84.7 Å². The number of benzene rings is 2. The second-order valence-corrected chi connectivity index (χ2v) is 7.71. The summed E-state index contributed by atoms with van der Waals surface area (Å²) in [7, 11) is 0. The molecular formula is C18H18Br2O2. The molecule has 2 N–H and O–H groups in total. The molecule has 0 radical (unpaired) electrons. The Labute approximate surface area is 147 Å². The standard InChI is InChI=1S/C18H18Br2O2/c1-11(12-4-6-16(21)14(19)8-12)10-18(2,3)13-5-7-17(22)15(20)9-13/h4-9,21-22H,1,10H2,2-3H3. The van der Waals surface area contributed by atoms with Crippen molar-refractivity contribution in [3.8, 4) is 11.5 Å². The summed E-state index contributed by atoms with van der Waals surface area (Å²) >= 11 is 6.69. The number of phenols is 2. The Morgan fingerprint density at radius 2 is 1.55 bits per heavy atom. The molecule has 0 aliphatic heterocycles. The quantitative estimate of drug-likeness (QED) is 0.630. The van der Waals surface area contributed by atoms with Crippen LogP contribution < -0.4 is 0 Å². The van der Waals surface area contributed by atoms with E-state index in [1.165, 1.54) is 0 Å². The first kappa shape index (κ1) is 17.1. The molecule has 116 valence electrons. The molecule has 22 heavy (non-hydrogen) atoms. The smallest absolute Gasteiger partial charge is 0.129 e. The summed E-state index contributed by atoms with van der Waals surface area (Å²) in [5.41, 5.74) is 2.99. The summed E-state index contributed by atoms with van der Waals surface area (Å²) in [4.78, 5) is 0. The lowest BCUT2D eigenvalue weighted by molar-refractivity contribution is 0.469. The normalized spacial score (nSPS) is 11.5. The number of rotatable bonds is 4. The van der Waals surface area contributed by atoms with Crippen LogP contribution in [0.15, 0.2) is 51.9 Å². The molecule has 0 saturated heterocycles. The van der Waals surface area contributed by atoms with Gasteiger partial charge in [-0.1, -0.05) is 32.6 Å². The van der Waals surface area contributed by atoms with Crippen LogP contribution in [-0.4, -0.2) is 10.2 Å². The molecule has 0 spiro atoms. The summed E-state index contributed by atoms with van der Waals surface area (Å²) < 4.78 is 1.35. The zero-order chi connectivity index (χ0) is 16.5. The van der Waals surface area contributed by atoms with E-state index < -0.39 is 0 Å². The number of hydrogen-bond acceptors (Lipinski definition) is 2. The van der Waals surface area contributed by atoms with Crippen LogP contribution >= 0.6 is 31.9 Å². The predicted octanol–water partition coefficient (Wildman–Crippen LogP) is 6.00. The van der Waals surface area contributed by atoms with Crippen LogP contribution in [0.5, 0.6) is 11.5 Å². The van der Waals surface area contributed by atoms with E-state index in [4.69, 9.17) is 0 Å². The minimum absolute atomic E-state index is 0.127. The molecule has 4 heteroatoms. The number of hydrogen-bond donors (Lipinski definition) is 2. The molecule has 0 aliphatic rings. The Balaban J connectivity index is 2.25. The van der Waals surface area contributed by atoms with Crippen molar-refractivity contribution in [2.24, 2.45) is 0 Å². The van der Waals surface area contributed by atoms with Gasteiger partial charge in [-0.25, -0.2) is 0 Å². The van der Waals surface area contributed by atoms with Gasteiger partial charge >= 0.3 is 0 Å². The van der Waals surface area contributed by atoms with Gasteiger partial charge in [0.1, 0.15) is 11.5 Å². The highest BCUT2D eigenvalue weighted by Gasteiger charge is 2.23. The van der Waals surface area contributed by atoms with E-state index in [1.807, 2.05) is 24.3 Å². The van der Waals surface area contributed by atoms with Crippen molar-refractivity contribution < 1.29 is 10.2 Å². The van der Waals surface area contributed by atoms with Crippen molar-refractivity contribution in [2.75, 3.05) is 0 Å². The first-order chi connectivity index (χ1) is 10.2. The molecule has 0 unspecified atom stereocenters. The molecular weight excluding hydrogens is 408 g/mol. The van der Waals surface area contributed by atoms with Gasteiger partial charge < -0.3 is 10.2 Å². The fourth-order valence-electron chi connectivity index (χ4n) is 2.39. The highest BCUT2D eigenvalue weighted by molar-refractivity contribution is 9.10. The summed E-state index contributed by atoms with van der Waals surface area (Å²) in [6.45, 7) is 8.47. The number of allylic oxidation sites excluding steroid dienone is 1. The van der Waals surface area contributed by atoms with Crippen LogP contribution in [0.1, 0.15) is 31.4 Å². The van der Waals surface area contributed by atoms with E-state index in [-0.39, 0.29) is 16.9 Å². The maximum Gasteiger partial charge on any atom is 0.129 e. The van der Waals surface area contributed by atoms with Crippen LogP contribution in [0.4, 0.5) is 0 Å². The third kappa shape index (κ3) is 3.73. The van der Waals surface area contributed by atoms with Gasteiger partial charge in [-0.3, -0.25) is 0 Å².